The molecule has 40 heavy (non-hydrogen) atoms. The number of carbonyl (C=O) groups is 2. The smallest absolute Gasteiger partial charge is 0.420 e. The Bertz CT molecular complexity index is 1440. The van der Waals surface area contributed by atoms with Gasteiger partial charge in [-0.2, -0.15) is 13.2 Å². The highest BCUT2D eigenvalue weighted by atomic mass is 19.4. The lowest BCUT2D eigenvalue weighted by Crippen LogP contribution is -2.36. The first kappa shape index (κ1) is 29.0. The summed E-state index contributed by atoms with van der Waals surface area (Å²) in [5.41, 5.74) is 0.354. The first-order valence-corrected chi connectivity index (χ1v) is 12.6. The van der Waals surface area contributed by atoms with Gasteiger partial charge in [0, 0.05) is 18.2 Å². The van der Waals surface area contributed by atoms with Crippen molar-refractivity contribution in [2.45, 2.75) is 37.8 Å². The van der Waals surface area contributed by atoms with Crippen LogP contribution in [0, 0.1) is 17.7 Å². The summed E-state index contributed by atoms with van der Waals surface area (Å²) in [7, 11) is 2.73. The van der Waals surface area contributed by atoms with Gasteiger partial charge in [0.05, 0.1) is 19.7 Å². The van der Waals surface area contributed by atoms with Crippen molar-refractivity contribution >= 4 is 19.6 Å². The molecule has 1 fully saturated rings. The van der Waals surface area contributed by atoms with Crippen LogP contribution in [-0.2, 0) is 33.3 Å². The molecule has 2 heterocycles. The van der Waals surface area contributed by atoms with Crippen molar-refractivity contribution in [2.24, 2.45) is 0 Å². The van der Waals surface area contributed by atoms with E-state index < -0.39 is 29.2 Å². The number of hydrogen-bond acceptors (Lipinski definition) is 6. The fourth-order valence-electron chi connectivity index (χ4n) is 4.60. The Hall–Kier alpha value is -4.04. The Labute approximate surface area is 230 Å². The zero-order valence-corrected chi connectivity index (χ0v) is 21.7. The SMILES string of the molecule is COC(=O)Cc1ccccc1C#Cc1nc(Cc2ccc(C3CCN([B]C=O)CC3)c(F)c2)ncc1C(F)(F)F. The third kappa shape index (κ3) is 7.33. The van der Waals surface area contributed by atoms with Gasteiger partial charge in [0.1, 0.15) is 22.9 Å². The average Bonchev–Trinajstić information content (AvgIpc) is 2.93. The highest BCUT2D eigenvalue weighted by molar-refractivity contribution is 6.64. The molecule has 1 aliphatic heterocycles. The van der Waals surface area contributed by atoms with Gasteiger partial charge in [0.2, 0.25) is 0 Å². The van der Waals surface area contributed by atoms with E-state index in [-0.39, 0.29) is 24.6 Å². The topological polar surface area (TPSA) is 72.4 Å². The number of hydrogen-bond donors (Lipinski definition) is 0. The van der Waals surface area contributed by atoms with Crippen LogP contribution in [0.5, 0.6) is 0 Å². The van der Waals surface area contributed by atoms with Crippen LogP contribution < -0.4 is 0 Å². The molecule has 205 valence electrons. The van der Waals surface area contributed by atoms with E-state index in [1.54, 1.807) is 36.4 Å². The molecule has 0 saturated carbocycles. The van der Waals surface area contributed by atoms with E-state index in [1.165, 1.54) is 20.6 Å². The van der Waals surface area contributed by atoms with Gasteiger partial charge in [-0.1, -0.05) is 36.3 Å². The lowest BCUT2D eigenvalue weighted by Gasteiger charge is -2.31. The van der Waals surface area contributed by atoms with Crippen LogP contribution >= 0.6 is 0 Å². The van der Waals surface area contributed by atoms with Crippen molar-refractivity contribution in [3.05, 3.63) is 93.8 Å². The second-order valence-electron chi connectivity index (χ2n) is 9.33. The van der Waals surface area contributed by atoms with Gasteiger partial charge in [-0.05, 0) is 66.6 Å². The molecule has 1 aliphatic rings. The van der Waals surface area contributed by atoms with Crippen LogP contribution in [0.3, 0.4) is 0 Å². The van der Waals surface area contributed by atoms with Crippen LogP contribution in [0.1, 0.15) is 58.1 Å². The number of rotatable bonds is 7. The third-order valence-corrected chi connectivity index (χ3v) is 6.71. The Morgan fingerprint density at radius 3 is 2.60 bits per heavy atom. The van der Waals surface area contributed by atoms with E-state index in [0.29, 0.717) is 54.4 Å². The minimum absolute atomic E-state index is 0.00961. The van der Waals surface area contributed by atoms with Crippen molar-refractivity contribution in [3.63, 3.8) is 0 Å². The molecule has 0 aliphatic carbocycles. The highest BCUT2D eigenvalue weighted by Gasteiger charge is 2.35. The summed E-state index contributed by atoms with van der Waals surface area (Å²) in [5.74, 6) is 4.36. The number of benzene rings is 2. The molecule has 0 N–H and O–H groups in total. The van der Waals surface area contributed by atoms with Gasteiger partial charge in [-0.3, -0.25) is 4.79 Å². The maximum atomic E-state index is 15.0. The predicted molar refractivity (Wildman–Crippen MR) is 140 cm³/mol. The van der Waals surface area contributed by atoms with Crippen molar-refractivity contribution < 1.29 is 31.9 Å². The second kappa shape index (κ2) is 12.9. The molecule has 0 atom stereocenters. The maximum Gasteiger partial charge on any atom is 0.420 e. The van der Waals surface area contributed by atoms with Crippen LogP contribution in [0.2, 0.25) is 0 Å². The lowest BCUT2D eigenvalue weighted by molar-refractivity contribution is -0.140. The highest BCUT2D eigenvalue weighted by Crippen LogP contribution is 2.32. The number of methoxy groups -OCH3 is 1. The van der Waals surface area contributed by atoms with Gasteiger partial charge in [0.25, 0.3) is 7.41 Å². The molecule has 2 aromatic carbocycles. The van der Waals surface area contributed by atoms with Crippen LogP contribution in [0.25, 0.3) is 0 Å². The Kier molecular flexibility index (Phi) is 9.32. The van der Waals surface area contributed by atoms with Gasteiger partial charge < -0.3 is 14.3 Å². The van der Waals surface area contributed by atoms with Gasteiger partial charge >= 0.3 is 12.1 Å². The van der Waals surface area contributed by atoms with Crippen LogP contribution in [0.15, 0.2) is 48.7 Å². The average molecular weight is 550 g/mol. The Morgan fingerprint density at radius 1 is 1.18 bits per heavy atom. The Morgan fingerprint density at radius 2 is 1.93 bits per heavy atom. The summed E-state index contributed by atoms with van der Waals surface area (Å²) >= 11 is 0. The van der Waals surface area contributed by atoms with Gasteiger partial charge in [-0.25, -0.2) is 14.4 Å². The zero-order valence-electron chi connectivity index (χ0n) is 21.7. The van der Waals surface area contributed by atoms with Crippen molar-refractivity contribution in [2.75, 3.05) is 20.2 Å². The molecule has 0 unspecified atom stereocenters. The molecule has 3 aromatic rings. The molecule has 1 radical (unpaired) electrons. The van der Waals surface area contributed by atoms with Crippen LogP contribution in [-0.4, -0.2) is 54.5 Å². The van der Waals surface area contributed by atoms with Crippen molar-refractivity contribution in [1.82, 2.24) is 14.8 Å². The van der Waals surface area contributed by atoms with E-state index in [4.69, 9.17) is 0 Å². The largest absolute Gasteiger partial charge is 0.469 e. The molecular weight excluding hydrogens is 525 g/mol. The zero-order chi connectivity index (χ0) is 28.7. The number of piperidine rings is 1. The predicted octanol–water partition coefficient (Wildman–Crippen LogP) is 4.33. The molecule has 1 saturated heterocycles. The second-order valence-corrected chi connectivity index (χ2v) is 9.33. The summed E-state index contributed by atoms with van der Waals surface area (Å²) in [5, 5.41) is 0. The van der Waals surface area contributed by atoms with Gasteiger partial charge in [0.15, 0.2) is 0 Å². The summed E-state index contributed by atoms with van der Waals surface area (Å²) < 4.78 is 60.8. The molecular formula is C29H25BF4N3O3. The molecule has 11 heteroatoms. The number of nitrogens with zero attached hydrogens (tertiary/aromatic N) is 3. The molecule has 0 spiro atoms. The number of alkyl halides is 3. The summed E-state index contributed by atoms with van der Waals surface area (Å²) in [4.78, 5) is 32.2. The number of ether oxygens (including phenoxy) is 1. The third-order valence-electron chi connectivity index (χ3n) is 6.71. The quantitative estimate of drug-likeness (QED) is 0.144. The van der Waals surface area contributed by atoms with Crippen LogP contribution in [0.4, 0.5) is 17.6 Å². The number of aromatic nitrogens is 2. The summed E-state index contributed by atoms with van der Waals surface area (Å²) in [6.07, 6.45) is -1.99. The molecule has 0 bridgehead atoms. The van der Waals surface area contributed by atoms with E-state index >= 15 is 4.39 Å². The molecule has 4 rings (SSSR count). The summed E-state index contributed by atoms with van der Waals surface area (Å²) in [6, 6.07) is 11.3. The fraction of sp³-hybridized carbons (Fsp3) is 0.310. The standard InChI is InChI=1S/C29H25BF4N3O3/c1-40-28(39)16-22-5-3-2-4-20(22)7-9-26-24(29(32,33)34)17-35-27(36-26)15-19-6-8-23(25(31)14-19)21-10-12-37(13-11-21)30-18-38/h2-6,8,14,17-18,21H,10-13,15-16H2,1H3. The lowest BCUT2D eigenvalue weighted by atomic mass is 9.83. The molecule has 6 nitrogen and oxygen atoms in total. The number of carbonyl (C=O) groups excluding carboxylic acids is 2. The normalized spacial score (nSPS) is 14.2. The fourth-order valence-corrected chi connectivity index (χ4v) is 4.60. The minimum atomic E-state index is -4.74. The number of esters is 1. The van der Waals surface area contributed by atoms with Crippen molar-refractivity contribution in [3.8, 4) is 11.8 Å². The van der Waals surface area contributed by atoms with E-state index in [9.17, 15) is 22.8 Å². The first-order valence-electron chi connectivity index (χ1n) is 12.6. The molecule has 1 aromatic heterocycles. The number of halogens is 4. The monoisotopic (exact) mass is 550 g/mol. The van der Waals surface area contributed by atoms with E-state index in [2.05, 4.69) is 26.5 Å². The molecule has 0 amide bonds. The van der Waals surface area contributed by atoms with Crippen molar-refractivity contribution in [1.29, 1.82) is 0 Å². The first-order chi connectivity index (χ1) is 19.2. The Balaban J connectivity index is 1.57. The van der Waals surface area contributed by atoms with E-state index in [0.717, 1.165) is 6.19 Å². The van der Waals surface area contributed by atoms with E-state index in [1.807, 2.05) is 4.81 Å². The maximum absolute atomic E-state index is 15.0. The van der Waals surface area contributed by atoms with Gasteiger partial charge in [-0.15, -0.1) is 0 Å². The summed E-state index contributed by atoms with van der Waals surface area (Å²) in [6.45, 7) is 1.31. The minimum Gasteiger partial charge on any atom is -0.469 e.